The molecule has 0 saturated carbocycles. The van der Waals surface area contributed by atoms with E-state index in [1.54, 1.807) is 57.3 Å². The molecule has 3 heterocycles. The van der Waals surface area contributed by atoms with Gasteiger partial charge < -0.3 is 28.6 Å². The third-order valence-corrected chi connectivity index (χ3v) is 7.71. The molecule has 2 N–H and O–H groups in total. The number of likely N-dealkylation sites (tertiary alicyclic amines) is 1. The first-order chi connectivity index (χ1) is 20.9. The predicted molar refractivity (Wildman–Crippen MR) is 174 cm³/mol. The van der Waals surface area contributed by atoms with Crippen LogP contribution < -0.4 is 10.9 Å². The zero-order valence-corrected chi connectivity index (χ0v) is 28.1. The smallest absolute Gasteiger partial charge is 0.410 e. The van der Waals surface area contributed by atoms with E-state index < -0.39 is 29.3 Å². The van der Waals surface area contributed by atoms with Crippen LogP contribution in [0.2, 0.25) is 0 Å². The van der Waals surface area contributed by atoms with Crippen LogP contribution in [-0.4, -0.2) is 72.6 Å². The number of esters is 1. The van der Waals surface area contributed by atoms with E-state index in [4.69, 9.17) is 14.5 Å². The van der Waals surface area contributed by atoms with E-state index in [9.17, 15) is 19.5 Å². The van der Waals surface area contributed by atoms with Crippen LogP contribution in [0.15, 0.2) is 35.3 Å². The number of aliphatic hydroxyl groups excluding tert-OH is 1. The largest absolute Gasteiger partial charge is 0.459 e. The van der Waals surface area contributed by atoms with Crippen molar-refractivity contribution in [3.63, 3.8) is 0 Å². The van der Waals surface area contributed by atoms with Gasteiger partial charge in [-0.1, -0.05) is 6.07 Å². The average molecular weight is 624 g/mol. The second-order valence-electron chi connectivity index (χ2n) is 14.3. The average Bonchev–Trinajstić information content (AvgIpc) is 3.27. The Balaban J connectivity index is 1.68. The standard InChI is InChI=1S/C34H49N5O6/c1-21-15-25(20-37(9)30(21)41)29-36-26-13-12-23(17-35-28(22(2)40)31(42)44-33(3,4)5)16-27(26)39(29)19-24-11-10-14-38(18-24)32(43)45-34(6,7)8/h12-13,15-16,20,22,24,28,35,40H,10-11,14,17-19H2,1-9H3/t22-,24?,28+/m1/s1. The zero-order valence-electron chi connectivity index (χ0n) is 28.1. The second-order valence-corrected chi connectivity index (χ2v) is 14.3. The van der Waals surface area contributed by atoms with Crippen molar-refractivity contribution in [2.24, 2.45) is 13.0 Å². The molecule has 11 heteroatoms. The molecule has 1 saturated heterocycles. The number of hydrogen-bond acceptors (Lipinski definition) is 8. The number of aromatic nitrogens is 3. The number of fused-ring (bicyclic) bond motifs is 1. The van der Waals surface area contributed by atoms with Gasteiger partial charge in [-0.05, 0) is 97.9 Å². The van der Waals surface area contributed by atoms with E-state index in [0.717, 1.165) is 40.8 Å². The maximum atomic E-state index is 12.9. The number of aryl methyl sites for hydroxylation is 2. The SMILES string of the molecule is Cc1cc(-c2nc3ccc(CN[C@H](C(=O)OC(C)(C)C)[C@@H](C)O)cc3n2CC2CCCN(C(=O)OC(C)(C)C)C2)cn(C)c1=O. The van der Waals surface area contributed by atoms with Gasteiger partial charge in [0.05, 0.1) is 17.1 Å². The molecule has 1 aliphatic rings. The molecule has 1 aromatic carbocycles. The number of amides is 1. The highest BCUT2D eigenvalue weighted by molar-refractivity contribution is 5.81. The van der Waals surface area contributed by atoms with Gasteiger partial charge in [-0.15, -0.1) is 0 Å². The van der Waals surface area contributed by atoms with Gasteiger partial charge in [-0.25, -0.2) is 9.78 Å². The number of benzene rings is 1. The van der Waals surface area contributed by atoms with Crippen molar-refractivity contribution in [2.75, 3.05) is 13.1 Å². The number of piperidine rings is 1. The fraction of sp³-hybridized carbons (Fsp3) is 0.588. The molecule has 0 spiro atoms. The summed E-state index contributed by atoms with van der Waals surface area (Å²) in [5, 5.41) is 13.5. The van der Waals surface area contributed by atoms with Gasteiger partial charge in [0, 0.05) is 50.6 Å². The number of carbonyl (C=O) groups is 2. The first-order valence-electron chi connectivity index (χ1n) is 15.7. The predicted octanol–water partition coefficient (Wildman–Crippen LogP) is 4.54. The lowest BCUT2D eigenvalue weighted by molar-refractivity contribution is -0.160. The summed E-state index contributed by atoms with van der Waals surface area (Å²) in [5.41, 5.74) is 2.73. The van der Waals surface area contributed by atoms with Crippen LogP contribution in [-0.2, 0) is 34.4 Å². The van der Waals surface area contributed by atoms with E-state index >= 15 is 0 Å². The van der Waals surface area contributed by atoms with Crippen LogP contribution in [0.5, 0.6) is 0 Å². The number of hydrogen-bond donors (Lipinski definition) is 2. The molecular weight excluding hydrogens is 574 g/mol. The Labute approximate surface area is 265 Å². The number of pyridine rings is 1. The lowest BCUT2D eigenvalue weighted by Crippen LogP contribution is -2.47. The van der Waals surface area contributed by atoms with Gasteiger partial charge in [0.2, 0.25) is 0 Å². The molecule has 3 aromatic rings. The number of rotatable bonds is 8. The lowest BCUT2D eigenvalue weighted by Gasteiger charge is -2.34. The van der Waals surface area contributed by atoms with Crippen LogP contribution in [0, 0.1) is 12.8 Å². The van der Waals surface area contributed by atoms with E-state index in [1.807, 2.05) is 45.0 Å². The molecule has 0 aliphatic carbocycles. The molecule has 0 bridgehead atoms. The highest BCUT2D eigenvalue weighted by Gasteiger charge is 2.30. The molecule has 1 aliphatic heterocycles. The summed E-state index contributed by atoms with van der Waals surface area (Å²) in [5.74, 6) is 0.381. The summed E-state index contributed by atoms with van der Waals surface area (Å²) < 4.78 is 14.9. The van der Waals surface area contributed by atoms with Crippen molar-refractivity contribution >= 4 is 23.1 Å². The molecule has 4 rings (SSSR count). The molecule has 246 valence electrons. The summed E-state index contributed by atoms with van der Waals surface area (Å²) in [7, 11) is 1.73. The van der Waals surface area contributed by atoms with Crippen LogP contribution in [0.1, 0.15) is 72.4 Å². The molecule has 11 nitrogen and oxygen atoms in total. The van der Waals surface area contributed by atoms with E-state index in [0.29, 0.717) is 31.7 Å². The molecule has 45 heavy (non-hydrogen) atoms. The van der Waals surface area contributed by atoms with Crippen molar-refractivity contribution in [2.45, 2.75) is 105 Å². The summed E-state index contributed by atoms with van der Waals surface area (Å²) in [6, 6.07) is 6.90. The van der Waals surface area contributed by atoms with E-state index in [1.165, 1.54) is 0 Å². The van der Waals surface area contributed by atoms with Crippen LogP contribution in [0.4, 0.5) is 4.79 Å². The van der Waals surface area contributed by atoms with Crippen LogP contribution >= 0.6 is 0 Å². The van der Waals surface area contributed by atoms with Gasteiger partial charge in [0.15, 0.2) is 0 Å². The summed E-state index contributed by atoms with van der Waals surface area (Å²) in [4.78, 5) is 45.0. The third-order valence-electron chi connectivity index (χ3n) is 7.71. The Bertz CT molecular complexity index is 1570. The van der Waals surface area contributed by atoms with Gasteiger partial charge in [0.1, 0.15) is 23.1 Å². The molecule has 1 fully saturated rings. The first kappa shape index (κ1) is 34.2. The highest BCUT2D eigenvalue weighted by Crippen LogP contribution is 2.29. The van der Waals surface area contributed by atoms with Gasteiger partial charge in [-0.3, -0.25) is 14.9 Å². The summed E-state index contributed by atoms with van der Waals surface area (Å²) in [6.45, 7) is 16.5. The van der Waals surface area contributed by atoms with Crippen LogP contribution in [0.3, 0.4) is 0 Å². The lowest BCUT2D eigenvalue weighted by atomic mass is 9.98. The van der Waals surface area contributed by atoms with Gasteiger partial charge in [-0.2, -0.15) is 0 Å². The number of nitrogens with one attached hydrogen (secondary N) is 1. The number of nitrogens with zero attached hydrogens (tertiary/aromatic N) is 4. The number of carbonyl (C=O) groups excluding carboxylic acids is 2. The van der Waals surface area contributed by atoms with Gasteiger partial charge >= 0.3 is 12.1 Å². The third kappa shape index (κ3) is 8.73. The fourth-order valence-corrected chi connectivity index (χ4v) is 5.69. The van der Waals surface area contributed by atoms with Gasteiger partial charge in [0.25, 0.3) is 5.56 Å². The van der Waals surface area contributed by atoms with E-state index in [2.05, 4.69) is 9.88 Å². The monoisotopic (exact) mass is 623 g/mol. The topological polar surface area (TPSA) is 128 Å². The molecule has 3 atom stereocenters. The molecule has 1 amide bonds. The Morgan fingerprint density at radius 3 is 2.42 bits per heavy atom. The second kappa shape index (κ2) is 13.3. The van der Waals surface area contributed by atoms with Crippen LogP contribution in [0.25, 0.3) is 22.4 Å². The minimum absolute atomic E-state index is 0.0623. The molecule has 2 aromatic heterocycles. The fourth-order valence-electron chi connectivity index (χ4n) is 5.69. The van der Waals surface area contributed by atoms with Crippen molar-refractivity contribution in [3.8, 4) is 11.4 Å². The highest BCUT2D eigenvalue weighted by atomic mass is 16.6. The zero-order chi connectivity index (χ0) is 33.3. The summed E-state index contributed by atoms with van der Waals surface area (Å²) >= 11 is 0. The van der Waals surface area contributed by atoms with E-state index in [-0.39, 0.29) is 17.6 Å². The Morgan fingerprint density at radius 2 is 1.80 bits per heavy atom. The Kier molecular flexibility index (Phi) is 10.1. The maximum absolute atomic E-state index is 12.9. The van der Waals surface area contributed by atoms with Crippen molar-refractivity contribution in [3.05, 3.63) is 51.9 Å². The minimum atomic E-state index is -0.951. The normalized spacial score (nSPS) is 17.3. The van der Waals surface area contributed by atoms with Crippen molar-refractivity contribution in [1.82, 2.24) is 24.3 Å². The molecule has 0 radical (unpaired) electrons. The Hall–Kier alpha value is -3.70. The Morgan fingerprint density at radius 1 is 1.11 bits per heavy atom. The number of imidazole rings is 1. The summed E-state index contributed by atoms with van der Waals surface area (Å²) in [6.07, 6.45) is 2.36. The van der Waals surface area contributed by atoms with Crippen molar-refractivity contribution < 1.29 is 24.2 Å². The maximum Gasteiger partial charge on any atom is 0.410 e. The number of ether oxygens (including phenoxy) is 2. The quantitative estimate of drug-likeness (QED) is 0.350. The molecule has 1 unspecified atom stereocenters. The van der Waals surface area contributed by atoms with Crippen molar-refractivity contribution in [1.29, 1.82) is 0 Å². The number of aliphatic hydroxyl groups is 1. The minimum Gasteiger partial charge on any atom is -0.459 e. The molecular formula is C34H49N5O6. The first-order valence-corrected chi connectivity index (χ1v) is 15.7.